The van der Waals surface area contributed by atoms with E-state index in [2.05, 4.69) is 0 Å². The summed E-state index contributed by atoms with van der Waals surface area (Å²) in [5, 5.41) is 0. The van der Waals surface area contributed by atoms with Crippen LogP contribution in [-0.2, 0) is 4.79 Å². The van der Waals surface area contributed by atoms with Crippen LogP contribution < -0.4 is 9.47 Å². The molecule has 5 nitrogen and oxygen atoms in total. The van der Waals surface area contributed by atoms with Gasteiger partial charge in [-0.1, -0.05) is 30.3 Å². The number of amides is 1. The SMILES string of the molecule is CC(=O)c1cccc(OC(C)C(=O)N(C)CCCOc2ccccc2)c1. The summed E-state index contributed by atoms with van der Waals surface area (Å²) in [6.07, 6.45) is 0.0983. The Hall–Kier alpha value is -2.82. The molecular weight excluding hydrogens is 330 g/mol. The largest absolute Gasteiger partial charge is 0.494 e. The third-order valence-electron chi connectivity index (χ3n) is 3.93. The zero-order valence-electron chi connectivity index (χ0n) is 15.5. The number of carbonyl (C=O) groups excluding carboxylic acids is 2. The summed E-state index contributed by atoms with van der Waals surface area (Å²) < 4.78 is 11.3. The first-order chi connectivity index (χ1) is 12.5. The predicted octanol–water partition coefficient (Wildman–Crippen LogP) is 3.58. The molecule has 0 aliphatic heterocycles. The Balaban J connectivity index is 1.77. The molecule has 138 valence electrons. The van der Waals surface area contributed by atoms with Crippen LogP contribution in [0.15, 0.2) is 54.6 Å². The number of hydrogen-bond donors (Lipinski definition) is 0. The summed E-state index contributed by atoms with van der Waals surface area (Å²) in [7, 11) is 1.75. The molecule has 0 N–H and O–H groups in total. The Kier molecular flexibility index (Phi) is 7.21. The average molecular weight is 355 g/mol. The highest BCUT2D eigenvalue weighted by molar-refractivity contribution is 5.94. The molecular formula is C21H25NO4. The Labute approximate surface area is 154 Å². The fourth-order valence-corrected chi connectivity index (χ4v) is 2.47. The number of rotatable bonds is 9. The quantitative estimate of drug-likeness (QED) is 0.510. The van der Waals surface area contributed by atoms with Crippen molar-refractivity contribution in [1.29, 1.82) is 0 Å². The van der Waals surface area contributed by atoms with Gasteiger partial charge in [0.1, 0.15) is 11.5 Å². The summed E-state index contributed by atoms with van der Waals surface area (Å²) in [6.45, 7) is 4.32. The lowest BCUT2D eigenvalue weighted by atomic mass is 10.1. The molecule has 2 aromatic rings. The van der Waals surface area contributed by atoms with Gasteiger partial charge in [0, 0.05) is 19.2 Å². The summed E-state index contributed by atoms with van der Waals surface area (Å²) in [6, 6.07) is 16.4. The molecule has 0 bridgehead atoms. The first kappa shape index (κ1) is 19.5. The van der Waals surface area contributed by atoms with Gasteiger partial charge in [-0.15, -0.1) is 0 Å². The fourth-order valence-electron chi connectivity index (χ4n) is 2.47. The van der Waals surface area contributed by atoms with E-state index in [1.54, 1.807) is 43.1 Å². The third kappa shape index (κ3) is 5.92. The zero-order chi connectivity index (χ0) is 18.9. The second-order valence-electron chi connectivity index (χ2n) is 6.12. The minimum absolute atomic E-state index is 0.0371. The molecule has 1 unspecified atom stereocenters. The van der Waals surface area contributed by atoms with Crippen LogP contribution in [0.1, 0.15) is 30.6 Å². The number of carbonyl (C=O) groups is 2. The van der Waals surface area contributed by atoms with E-state index in [0.29, 0.717) is 24.5 Å². The summed E-state index contributed by atoms with van der Waals surface area (Å²) in [4.78, 5) is 25.5. The highest BCUT2D eigenvalue weighted by Gasteiger charge is 2.19. The standard InChI is InChI=1S/C21H25NO4/c1-16(23)18-9-7-12-20(15-18)26-17(2)21(24)22(3)13-8-14-25-19-10-5-4-6-11-19/h4-7,9-12,15,17H,8,13-14H2,1-3H3. The lowest BCUT2D eigenvalue weighted by Crippen LogP contribution is -2.38. The van der Waals surface area contributed by atoms with Gasteiger partial charge in [0.25, 0.3) is 5.91 Å². The lowest BCUT2D eigenvalue weighted by Gasteiger charge is -2.22. The van der Waals surface area contributed by atoms with E-state index in [0.717, 1.165) is 12.2 Å². The van der Waals surface area contributed by atoms with Gasteiger partial charge < -0.3 is 14.4 Å². The summed E-state index contributed by atoms with van der Waals surface area (Å²) in [5.74, 6) is 1.19. The molecule has 0 radical (unpaired) electrons. The van der Waals surface area contributed by atoms with Crippen LogP contribution in [0.5, 0.6) is 11.5 Å². The molecule has 0 saturated carbocycles. The Morgan fingerprint density at radius 1 is 1.04 bits per heavy atom. The highest BCUT2D eigenvalue weighted by atomic mass is 16.5. The number of nitrogens with zero attached hydrogens (tertiary/aromatic N) is 1. The van der Waals surface area contributed by atoms with Crippen molar-refractivity contribution in [2.75, 3.05) is 20.2 Å². The van der Waals surface area contributed by atoms with Crippen molar-refractivity contribution in [2.24, 2.45) is 0 Å². The van der Waals surface area contributed by atoms with E-state index in [-0.39, 0.29) is 11.7 Å². The minimum Gasteiger partial charge on any atom is -0.494 e. The monoisotopic (exact) mass is 355 g/mol. The minimum atomic E-state index is -0.628. The van der Waals surface area contributed by atoms with Crippen LogP contribution in [0.2, 0.25) is 0 Å². The van der Waals surface area contributed by atoms with Gasteiger partial charge in [0.15, 0.2) is 11.9 Å². The summed E-state index contributed by atoms with van der Waals surface area (Å²) in [5.41, 5.74) is 0.563. The molecule has 2 rings (SSSR count). The van der Waals surface area contributed by atoms with Crippen molar-refractivity contribution in [3.05, 3.63) is 60.2 Å². The first-order valence-electron chi connectivity index (χ1n) is 8.68. The van der Waals surface area contributed by atoms with Crippen molar-refractivity contribution in [3.63, 3.8) is 0 Å². The molecule has 2 aromatic carbocycles. The number of ether oxygens (including phenoxy) is 2. The van der Waals surface area contributed by atoms with Crippen molar-refractivity contribution in [1.82, 2.24) is 4.90 Å². The van der Waals surface area contributed by atoms with Crippen LogP contribution >= 0.6 is 0 Å². The van der Waals surface area contributed by atoms with E-state index < -0.39 is 6.10 Å². The molecule has 0 aliphatic rings. The molecule has 0 spiro atoms. The van der Waals surface area contributed by atoms with Gasteiger partial charge in [-0.05, 0) is 44.5 Å². The van der Waals surface area contributed by atoms with E-state index >= 15 is 0 Å². The average Bonchev–Trinajstić information content (AvgIpc) is 2.65. The van der Waals surface area contributed by atoms with Crippen molar-refractivity contribution in [2.45, 2.75) is 26.4 Å². The first-order valence-corrected chi connectivity index (χ1v) is 8.68. The number of likely N-dealkylation sites (N-methyl/N-ethyl adjacent to an activating group) is 1. The van der Waals surface area contributed by atoms with E-state index in [1.165, 1.54) is 6.92 Å². The molecule has 1 atom stereocenters. The Bertz CT molecular complexity index is 730. The smallest absolute Gasteiger partial charge is 0.263 e. The topological polar surface area (TPSA) is 55.8 Å². The van der Waals surface area contributed by atoms with Gasteiger partial charge in [-0.3, -0.25) is 9.59 Å². The summed E-state index contributed by atoms with van der Waals surface area (Å²) >= 11 is 0. The highest BCUT2D eigenvalue weighted by Crippen LogP contribution is 2.16. The molecule has 26 heavy (non-hydrogen) atoms. The molecule has 1 amide bonds. The van der Waals surface area contributed by atoms with Gasteiger partial charge in [0.05, 0.1) is 6.61 Å². The molecule has 0 fully saturated rings. The van der Waals surface area contributed by atoms with Crippen LogP contribution in [0.3, 0.4) is 0 Å². The number of para-hydroxylation sites is 1. The van der Waals surface area contributed by atoms with Gasteiger partial charge >= 0.3 is 0 Å². The predicted molar refractivity (Wildman–Crippen MR) is 101 cm³/mol. The molecule has 0 aromatic heterocycles. The number of hydrogen-bond acceptors (Lipinski definition) is 4. The normalized spacial score (nSPS) is 11.5. The maximum Gasteiger partial charge on any atom is 0.263 e. The van der Waals surface area contributed by atoms with E-state index in [9.17, 15) is 9.59 Å². The number of Topliss-reactive ketones (excluding diaryl/α,β-unsaturated/α-hetero) is 1. The van der Waals surface area contributed by atoms with Crippen LogP contribution in [0, 0.1) is 0 Å². The zero-order valence-corrected chi connectivity index (χ0v) is 15.5. The second kappa shape index (κ2) is 9.61. The maximum absolute atomic E-state index is 12.4. The maximum atomic E-state index is 12.4. The Morgan fingerprint density at radius 3 is 2.42 bits per heavy atom. The van der Waals surface area contributed by atoms with E-state index in [1.807, 2.05) is 30.3 Å². The van der Waals surface area contributed by atoms with E-state index in [4.69, 9.17) is 9.47 Å². The number of ketones is 1. The number of benzene rings is 2. The van der Waals surface area contributed by atoms with Crippen LogP contribution in [0.4, 0.5) is 0 Å². The van der Waals surface area contributed by atoms with Gasteiger partial charge in [-0.2, -0.15) is 0 Å². The van der Waals surface area contributed by atoms with Crippen molar-refractivity contribution in [3.8, 4) is 11.5 Å². The second-order valence-corrected chi connectivity index (χ2v) is 6.12. The van der Waals surface area contributed by atoms with Crippen molar-refractivity contribution < 1.29 is 19.1 Å². The molecule has 0 aliphatic carbocycles. The molecule has 0 saturated heterocycles. The fraction of sp³-hybridized carbons (Fsp3) is 0.333. The third-order valence-corrected chi connectivity index (χ3v) is 3.93. The van der Waals surface area contributed by atoms with Gasteiger partial charge in [-0.25, -0.2) is 0 Å². The molecule has 0 heterocycles. The van der Waals surface area contributed by atoms with Crippen molar-refractivity contribution >= 4 is 11.7 Å². The lowest BCUT2D eigenvalue weighted by molar-refractivity contribution is -0.136. The van der Waals surface area contributed by atoms with Crippen LogP contribution in [-0.4, -0.2) is 42.9 Å². The Morgan fingerprint density at radius 2 is 1.73 bits per heavy atom. The van der Waals surface area contributed by atoms with Crippen LogP contribution in [0.25, 0.3) is 0 Å². The molecule has 5 heteroatoms. The van der Waals surface area contributed by atoms with Gasteiger partial charge in [0.2, 0.25) is 0 Å².